The highest BCUT2D eigenvalue weighted by Gasteiger charge is 2.13. The van der Waals surface area contributed by atoms with Gasteiger partial charge in [-0.25, -0.2) is 0 Å². The van der Waals surface area contributed by atoms with Gasteiger partial charge >= 0.3 is 6.61 Å². The zero-order valence-electron chi connectivity index (χ0n) is 16.3. The summed E-state index contributed by atoms with van der Waals surface area (Å²) in [4.78, 5) is 13.9. The fourth-order valence-electron chi connectivity index (χ4n) is 2.63. The maximum absolute atomic E-state index is 12.4. The van der Waals surface area contributed by atoms with Crippen molar-refractivity contribution in [3.8, 4) is 5.75 Å². The second-order valence-corrected chi connectivity index (χ2v) is 7.27. The van der Waals surface area contributed by atoms with Crippen LogP contribution in [0.4, 0.5) is 8.78 Å². The van der Waals surface area contributed by atoms with Crippen molar-refractivity contribution < 1.29 is 18.3 Å². The number of carbonyl (C=O) groups is 1. The van der Waals surface area contributed by atoms with E-state index in [9.17, 15) is 13.6 Å². The van der Waals surface area contributed by atoms with Gasteiger partial charge in [0.25, 0.3) is 0 Å². The van der Waals surface area contributed by atoms with Crippen molar-refractivity contribution in [2.45, 2.75) is 40.5 Å². The third-order valence-electron chi connectivity index (χ3n) is 3.98. The molecule has 0 bridgehead atoms. The molecule has 1 aromatic heterocycles. The normalized spacial score (nSPS) is 11.6. The van der Waals surface area contributed by atoms with Crippen molar-refractivity contribution in [2.75, 3.05) is 7.05 Å². The molecule has 8 heteroatoms. The van der Waals surface area contributed by atoms with Gasteiger partial charge in [-0.2, -0.15) is 13.9 Å². The molecule has 0 saturated carbocycles. The van der Waals surface area contributed by atoms with Crippen LogP contribution in [0.1, 0.15) is 30.7 Å². The SMILES string of the molecule is Cc1nn(CC(C)C)c(Cl)c1/C=C/C(=O)N(C)Cc1ccc(OC(F)F)cc1. The van der Waals surface area contributed by atoms with E-state index in [0.717, 1.165) is 16.8 Å². The molecule has 1 aromatic carbocycles. The smallest absolute Gasteiger partial charge is 0.387 e. The number of hydrogen-bond donors (Lipinski definition) is 0. The number of aromatic nitrogens is 2. The topological polar surface area (TPSA) is 47.4 Å². The first-order valence-electron chi connectivity index (χ1n) is 8.87. The van der Waals surface area contributed by atoms with E-state index in [2.05, 4.69) is 23.7 Å². The standard InChI is InChI=1S/C20H24ClF2N3O2/c1-13(2)11-26-19(21)17(14(3)24-26)9-10-18(27)25(4)12-15-5-7-16(8-6-15)28-20(22)23/h5-10,13,20H,11-12H2,1-4H3/b10-9+. The fourth-order valence-corrected chi connectivity index (χ4v) is 2.94. The maximum Gasteiger partial charge on any atom is 0.387 e. The number of alkyl halides is 2. The minimum atomic E-state index is -2.86. The van der Waals surface area contributed by atoms with Crippen molar-refractivity contribution >= 4 is 23.6 Å². The highest BCUT2D eigenvalue weighted by Crippen LogP contribution is 2.22. The lowest BCUT2D eigenvalue weighted by atomic mass is 10.2. The summed E-state index contributed by atoms with van der Waals surface area (Å²) in [7, 11) is 1.66. The van der Waals surface area contributed by atoms with Crippen molar-refractivity contribution in [2.24, 2.45) is 5.92 Å². The van der Waals surface area contributed by atoms with Gasteiger partial charge < -0.3 is 9.64 Å². The Morgan fingerprint density at radius 1 is 1.32 bits per heavy atom. The van der Waals surface area contributed by atoms with E-state index in [1.54, 1.807) is 29.9 Å². The predicted molar refractivity (Wildman–Crippen MR) is 105 cm³/mol. The molecule has 152 valence electrons. The number of amides is 1. The van der Waals surface area contributed by atoms with E-state index < -0.39 is 6.61 Å². The average molecular weight is 412 g/mol. The van der Waals surface area contributed by atoms with Crippen LogP contribution in [0, 0.1) is 12.8 Å². The molecule has 0 radical (unpaired) electrons. The lowest BCUT2D eigenvalue weighted by Gasteiger charge is -2.15. The fraction of sp³-hybridized carbons (Fsp3) is 0.400. The second kappa shape index (κ2) is 9.68. The Bertz CT molecular complexity index is 833. The highest BCUT2D eigenvalue weighted by molar-refractivity contribution is 6.31. The summed E-state index contributed by atoms with van der Waals surface area (Å²) in [6, 6.07) is 6.17. The molecular weight excluding hydrogens is 388 g/mol. The summed E-state index contributed by atoms with van der Waals surface area (Å²) in [6.07, 6.45) is 3.11. The van der Waals surface area contributed by atoms with Crippen molar-refractivity contribution in [3.63, 3.8) is 0 Å². The Kier molecular flexibility index (Phi) is 7.57. The summed E-state index contributed by atoms with van der Waals surface area (Å²) in [5.74, 6) is 0.273. The number of halogens is 3. The van der Waals surface area contributed by atoms with Gasteiger partial charge in [0, 0.05) is 31.8 Å². The van der Waals surface area contributed by atoms with Crippen LogP contribution in [0.2, 0.25) is 5.15 Å². The van der Waals surface area contributed by atoms with Crippen LogP contribution < -0.4 is 4.74 Å². The zero-order chi connectivity index (χ0) is 20.8. The van der Waals surface area contributed by atoms with Gasteiger partial charge in [-0.05, 0) is 36.6 Å². The van der Waals surface area contributed by atoms with Gasteiger partial charge in [-0.3, -0.25) is 9.48 Å². The van der Waals surface area contributed by atoms with Crippen molar-refractivity contribution in [1.29, 1.82) is 0 Å². The molecule has 0 saturated heterocycles. The number of benzene rings is 1. The van der Waals surface area contributed by atoms with Gasteiger partial charge in [-0.1, -0.05) is 37.6 Å². The first-order chi connectivity index (χ1) is 13.2. The van der Waals surface area contributed by atoms with Crippen LogP contribution in [0.3, 0.4) is 0 Å². The number of nitrogens with zero attached hydrogens (tertiary/aromatic N) is 3. The van der Waals surface area contributed by atoms with E-state index in [4.69, 9.17) is 11.6 Å². The Balaban J connectivity index is 2.01. The largest absolute Gasteiger partial charge is 0.435 e. The molecule has 0 aliphatic rings. The lowest BCUT2D eigenvalue weighted by molar-refractivity contribution is -0.125. The van der Waals surface area contributed by atoms with Gasteiger partial charge in [0.2, 0.25) is 5.91 Å². The first-order valence-corrected chi connectivity index (χ1v) is 9.25. The van der Waals surface area contributed by atoms with Crippen molar-refractivity contribution in [1.82, 2.24) is 14.7 Å². The van der Waals surface area contributed by atoms with Gasteiger partial charge in [0.1, 0.15) is 10.9 Å². The predicted octanol–water partition coefficient (Wildman–Crippen LogP) is 4.77. The molecular formula is C20H24ClF2N3O2. The number of ether oxygens (including phenoxy) is 1. The molecule has 0 N–H and O–H groups in total. The Hall–Kier alpha value is -2.41. The molecule has 0 aliphatic carbocycles. The van der Waals surface area contributed by atoms with E-state index in [0.29, 0.717) is 24.2 Å². The van der Waals surface area contributed by atoms with Crippen LogP contribution >= 0.6 is 11.6 Å². The van der Waals surface area contributed by atoms with E-state index in [1.807, 2.05) is 6.92 Å². The minimum absolute atomic E-state index is 0.0798. The number of hydrogen-bond acceptors (Lipinski definition) is 3. The lowest BCUT2D eigenvalue weighted by Crippen LogP contribution is -2.24. The highest BCUT2D eigenvalue weighted by atomic mass is 35.5. The van der Waals surface area contributed by atoms with Crippen LogP contribution in [0.15, 0.2) is 30.3 Å². The number of carbonyl (C=O) groups excluding carboxylic acids is 1. The van der Waals surface area contributed by atoms with Crippen LogP contribution in [0.5, 0.6) is 5.75 Å². The summed E-state index contributed by atoms with van der Waals surface area (Å²) in [6.45, 7) is 4.17. The van der Waals surface area contributed by atoms with Gasteiger partial charge in [-0.15, -0.1) is 0 Å². The first kappa shape index (κ1) is 21.9. The summed E-state index contributed by atoms with van der Waals surface area (Å²) >= 11 is 6.38. The summed E-state index contributed by atoms with van der Waals surface area (Å²) in [5, 5.41) is 4.92. The molecule has 0 fully saturated rings. The molecule has 2 aromatic rings. The number of rotatable bonds is 8. The molecule has 0 spiro atoms. The van der Waals surface area contributed by atoms with Crippen LogP contribution in [-0.2, 0) is 17.9 Å². The summed E-state index contributed by atoms with van der Waals surface area (Å²) in [5.41, 5.74) is 2.27. The molecule has 2 rings (SSSR count). The molecule has 0 unspecified atom stereocenters. The molecule has 28 heavy (non-hydrogen) atoms. The molecule has 1 amide bonds. The summed E-state index contributed by atoms with van der Waals surface area (Å²) < 4.78 is 30.4. The molecule has 1 heterocycles. The maximum atomic E-state index is 12.4. The monoisotopic (exact) mass is 411 g/mol. The molecule has 0 atom stereocenters. The van der Waals surface area contributed by atoms with Crippen LogP contribution in [0.25, 0.3) is 6.08 Å². The Labute approximate surface area is 168 Å². The minimum Gasteiger partial charge on any atom is -0.435 e. The van der Waals surface area contributed by atoms with E-state index in [1.165, 1.54) is 23.1 Å². The van der Waals surface area contributed by atoms with Crippen molar-refractivity contribution in [3.05, 3.63) is 52.3 Å². The molecule has 5 nitrogen and oxygen atoms in total. The zero-order valence-corrected chi connectivity index (χ0v) is 17.1. The third-order valence-corrected chi connectivity index (χ3v) is 4.38. The molecule has 0 aliphatic heterocycles. The number of aryl methyl sites for hydroxylation is 1. The second-order valence-electron chi connectivity index (χ2n) is 6.92. The average Bonchev–Trinajstić information content (AvgIpc) is 2.86. The van der Waals surface area contributed by atoms with Gasteiger partial charge in [0.05, 0.1) is 5.69 Å². The number of likely N-dealkylation sites (N-methyl/N-ethyl adjacent to an activating group) is 1. The third kappa shape index (κ3) is 6.05. The van der Waals surface area contributed by atoms with Crippen LogP contribution in [-0.4, -0.2) is 34.2 Å². The van der Waals surface area contributed by atoms with E-state index in [-0.39, 0.29) is 11.7 Å². The quantitative estimate of drug-likeness (QED) is 0.587. The van der Waals surface area contributed by atoms with E-state index >= 15 is 0 Å². The Morgan fingerprint density at radius 2 is 1.96 bits per heavy atom. The Morgan fingerprint density at radius 3 is 2.54 bits per heavy atom. The van der Waals surface area contributed by atoms with Gasteiger partial charge in [0.15, 0.2) is 0 Å².